The van der Waals surface area contributed by atoms with Gasteiger partial charge in [0.15, 0.2) is 5.43 Å². The van der Waals surface area contributed by atoms with Gasteiger partial charge in [-0.15, -0.1) is 0 Å². The van der Waals surface area contributed by atoms with Crippen LogP contribution in [0.5, 0.6) is 5.75 Å². The van der Waals surface area contributed by atoms with E-state index in [1.165, 1.54) is 18.5 Å². The number of carbonyl (C=O) groups is 1. The lowest BCUT2D eigenvalue weighted by Gasteiger charge is -2.10. The summed E-state index contributed by atoms with van der Waals surface area (Å²) in [5.41, 5.74) is 1.66. The van der Waals surface area contributed by atoms with E-state index in [0.717, 1.165) is 5.56 Å². The highest BCUT2D eigenvalue weighted by atomic mass is 16.3. The number of amides is 1. The highest BCUT2D eigenvalue weighted by Gasteiger charge is 2.12. The zero-order chi connectivity index (χ0) is 14.0. The van der Waals surface area contributed by atoms with Gasteiger partial charge in [-0.1, -0.05) is 0 Å². The van der Waals surface area contributed by atoms with Crippen molar-refractivity contribution < 1.29 is 9.90 Å². The van der Waals surface area contributed by atoms with Gasteiger partial charge in [-0.3, -0.25) is 9.59 Å². The van der Waals surface area contributed by atoms with Crippen molar-refractivity contribution in [3.05, 3.63) is 57.5 Å². The third kappa shape index (κ3) is 2.65. The minimum atomic E-state index is -0.477. The van der Waals surface area contributed by atoms with E-state index < -0.39 is 5.91 Å². The molecule has 98 valence electrons. The number of carbonyl (C=O) groups excluding carboxylic acids is 1. The Hall–Kier alpha value is -2.56. The van der Waals surface area contributed by atoms with Gasteiger partial charge in [-0.05, 0) is 37.1 Å². The summed E-state index contributed by atoms with van der Waals surface area (Å²) < 4.78 is 0. The Labute approximate surface area is 109 Å². The third-order valence-corrected chi connectivity index (χ3v) is 2.86. The quantitative estimate of drug-likeness (QED) is 0.720. The van der Waals surface area contributed by atoms with Crippen molar-refractivity contribution in [3.8, 4) is 5.75 Å². The molecule has 0 unspecified atom stereocenters. The maximum Gasteiger partial charge on any atom is 0.261 e. The second kappa shape index (κ2) is 4.97. The van der Waals surface area contributed by atoms with Gasteiger partial charge in [0.2, 0.25) is 0 Å². The second-order valence-electron chi connectivity index (χ2n) is 4.33. The van der Waals surface area contributed by atoms with Gasteiger partial charge in [0.05, 0.1) is 0 Å². The molecule has 0 atom stereocenters. The van der Waals surface area contributed by atoms with Crippen molar-refractivity contribution in [2.75, 3.05) is 5.32 Å². The van der Waals surface area contributed by atoms with Crippen LogP contribution in [0.4, 0.5) is 5.69 Å². The Kier molecular flexibility index (Phi) is 3.37. The molecule has 1 aromatic carbocycles. The molecule has 0 aliphatic rings. The molecule has 0 spiro atoms. The average Bonchev–Trinajstić information content (AvgIpc) is 2.36. The molecule has 2 aromatic rings. The number of phenolic OH excluding ortho intramolecular Hbond substituents is 1. The molecule has 0 saturated carbocycles. The fourth-order valence-electron chi connectivity index (χ4n) is 1.72. The fraction of sp³-hybridized carbons (Fsp3) is 0.143. The lowest BCUT2D eigenvalue weighted by atomic mass is 10.1. The molecule has 1 amide bonds. The lowest BCUT2D eigenvalue weighted by Crippen LogP contribution is -2.21. The number of rotatable bonds is 2. The predicted octanol–water partition coefficient (Wildman–Crippen LogP) is 1.95. The van der Waals surface area contributed by atoms with Crippen LogP contribution in [0.2, 0.25) is 0 Å². The number of aromatic amines is 1. The maximum absolute atomic E-state index is 12.0. The average molecular weight is 258 g/mol. The number of aromatic hydroxyl groups is 1. The Morgan fingerprint density at radius 3 is 2.68 bits per heavy atom. The number of H-pyrrole nitrogens is 1. The molecule has 19 heavy (non-hydrogen) atoms. The smallest absolute Gasteiger partial charge is 0.261 e. The summed E-state index contributed by atoms with van der Waals surface area (Å²) in [4.78, 5) is 26.2. The van der Waals surface area contributed by atoms with Crippen LogP contribution in [0.3, 0.4) is 0 Å². The van der Waals surface area contributed by atoms with Crippen LogP contribution < -0.4 is 10.7 Å². The van der Waals surface area contributed by atoms with Crippen LogP contribution in [0.25, 0.3) is 0 Å². The van der Waals surface area contributed by atoms with Gasteiger partial charge in [0, 0.05) is 24.1 Å². The van der Waals surface area contributed by atoms with Crippen molar-refractivity contribution in [3.63, 3.8) is 0 Å². The number of phenols is 1. The predicted molar refractivity (Wildman–Crippen MR) is 72.6 cm³/mol. The van der Waals surface area contributed by atoms with Gasteiger partial charge in [0.25, 0.3) is 5.91 Å². The zero-order valence-electron chi connectivity index (χ0n) is 10.7. The van der Waals surface area contributed by atoms with E-state index in [0.29, 0.717) is 11.3 Å². The molecule has 5 nitrogen and oxygen atoms in total. The highest BCUT2D eigenvalue weighted by Crippen LogP contribution is 2.25. The molecule has 0 aliphatic heterocycles. The Balaban J connectivity index is 2.32. The van der Waals surface area contributed by atoms with E-state index >= 15 is 0 Å². The van der Waals surface area contributed by atoms with E-state index in [-0.39, 0.29) is 16.7 Å². The second-order valence-corrected chi connectivity index (χ2v) is 4.33. The van der Waals surface area contributed by atoms with Crippen LogP contribution in [0, 0.1) is 13.8 Å². The van der Waals surface area contributed by atoms with E-state index in [1.807, 2.05) is 0 Å². The molecule has 0 radical (unpaired) electrons. The molecule has 5 heteroatoms. The molecule has 0 saturated heterocycles. The number of aromatic nitrogens is 1. The molecule has 0 fully saturated rings. The van der Waals surface area contributed by atoms with E-state index in [2.05, 4.69) is 10.3 Å². The first-order valence-corrected chi connectivity index (χ1v) is 5.77. The fourth-order valence-corrected chi connectivity index (χ4v) is 1.72. The van der Waals surface area contributed by atoms with Gasteiger partial charge in [0.1, 0.15) is 11.3 Å². The zero-order valence-corrected chi connectivity index (χ0v) is 10.7. The molecular formula is C14H14N2O3. The van der Waals surface area contributed by atoms with Gasteiger partial charge in [-0.2, -0.15) is 0 Å². The highest BCUT2D eigenvalue weighted by molar-refractivity contribution is 6.04. The Morgan fingerprint density at radius 1 is 1.26 bits per heavy atom. The number of hydrogen-bond donors (Lipinski definition) is 3. The first-order valence-electron chi connectivity index (χ1n) is 5.77. The van der Waals surface area contributed by atoms with Crippen LogP contribution in [0.15, 0.2) is 35.4 Å². The summed E-state index contributed by atoms with van der Waals surface area (Å²) in [6, 6.07) is 4.53. The summed E-state index contributed by atoms with van der Waals surface area (Å²) in [6.45, 7) is 3.50. The van der Waals surface area contributed by atoms with Crippen LogP contribution in [0.1, 0.15) is 21.5 Å². The molecular weight excluding hydrogens is 244 g/mol. The van der Waals surface area contributed by atoms with Crippen molar-refractivity contribution in [2.45, 2.75) is 13.8 Å². The summed E-state index contributed by atoms with van der Waals surface area (Å²) in [5, 5.41) is 12.2. The van der Waals surface area contributed by atoms with Crippen LogP contribution in [-0.2, 0) is 0 Å². The minimum Gasteiger partial charge on any atom is -0.508 e. The van der Waals surface area contributed by atoms with E-state index in [1.54, 1.807) is 26.0 Å². The number of aryl methyl sites for hydroxylation is 2. The molecule has 0 aliphatic carbocycles. The number of nitrogens with one attached hydrogen (secondary N) is 2. The summed E-state index contributed by atoms with van der Waals surface area (Å²) >= 11 is 0. The van der Waals surface area contributed by atoms with Crippen molar-refractivity contribution in [1.29, 1.82) is 0 Å². The Morgan fingerprint density at radius 2 is 2.00 bits per heavy atom. The van der Waals surface area contributed by atoms with E-state index in [9.17, 15) is 14.7 Å². The first-order chi connectivity index (χ1) is 8.99. The molecule has 2 rings (SSSR count). The van der Waals surface area contributed by atoms with Gasteiger partial charge < -0.3 is 15.4 Å². The standard InChI is InChI=1S/C14H14N2O3/c1-8-6-13(18)9(2)5-11(8)16-14(19)10-7-15-4-3-12(10)17/h3-7,18H,1-2H3,(H,15,17)(H,16,19). The van der Waals surface area contributed by atoms with E-state index in [4.69, 9.17) is 0 Å². The summed E-state index contributed by atoms with van der Waals surface area (Å²) in [5.74, 6) is -0.303. The van der Waals surface area contributed by atoms with Gasteiger partial charge >= 0.3 is 0 Å². The van der Waals surface area contributed by atoms with Crippen molar-refractivity contribution in [1.82, 2.24) is 4.98 Å². The molecule has 0 bridgehead atoms. The lowest BCUT2D eigenvalue weighted by molar-refractivity contribution is 0.102. The minimum absolute atomic E-state index is 0.0487. The van der Waals surface area contributed by atoms with Crippen LogP contribution >= 0.6 is 0 Å². The third-order valence-electron chi connectivity index (χ3n) is 2.86. The summed E-state index contributed by atoms with van der Waals surface area (Å²) in [7, 11) is 0. The SMILES string of the molecule is Cc1cc(NC(=O)c2c[nH]ccc2=O)c(C)cc1O. The monoisotopic (exact) mass is 258 g/mol. The van der Waals surface area contributed by atoms with Crippen LogP contribution in [-0.4, -0.2) is 16.0 Å². The van der Waals surface area contributed by atoms with Gasteiger partial charge in [-0.25, -0.2) is 0 Å². The molecule has 1 heterocycles. The summed E-state index contributed by atoms with van der Waals surface area (Å²) in [6.07, 6.45) is 2.83. The number of pyridine rings is 1. The topological polar surface area (TPSA) is 82.2 Å². The molecule has 3 N–H and O–H groups in total. The Bertz CT molecular complexity index is 689. The first kappa shape index (κ1) is 12.9. The number of anilines is 1. The van der Waals surface area contributed by atoms with Crippen molar-refractivity contribution >= 4 is 11.6 Å². The largest absolute Gasteiger partial charge is 0.508 e. The maximum atomic E-state index is 12.0. The van der Waals surface area contributed by atoms with Crippen molar-refractivity contribution in [2.24, 2.45) is 0 Å². The number of benzene rings is 1. The normalized spacial score (nSPS) is 10.2. The number of hydrogen-bond acceptors (Lipinski definition) is 3. The molecule has 1 aromatic heterocycles.